The van der Waals surface area contributed by atoms with Crippen LogP contribution < -0.4 is 5.32 Å². The van der Waals surface area contributed by atoms with E-state index in [0.29, 0.717) is 12.3 Å². The monoisotopic (exact) mass is 302 g/mol. The molecular formula is C15H18N4OS. The first-order valence-electron chi connectivity index (χ1n) is 6.60. The van der Waals surface area contributed by atoms with Gasteiger partial charge in [-0.3, -0.25) is 4.79 Å². The van der Waals surface area contributed by atoms with Crippen LogP contribution in [0.4, 0.5) is 5.69 Å². The summed E-state index contributed by atoms with van der Waals surface area (Å²) < 4.78 is 1.93. The average Bonchev–Trinajstić information content (AvgIpc) is 2.81. The molecule has 0 saturated heterocycles. The molecule has 5 nitrogen and oxygen atoms in total. The highest BCUT2D eigenvalue weighted by Gasteiger charge is 2.11. The Morgan fingerprint density at radius 1 is 1.38 bits per heavy atom. The minimum absolute atomic E-state index is 0.0555. The van der Waals surface area contributed by atoms with Crippen LogP contribution in [-0.2, 0) is 11.3 Å². The molecule has 0 spiro atoms. The number of nitrogens with one attached hydrogen (secondary N) is 1. The highest BCUT2D eigenvalue weighted by Crippen LogP contribution is 2.18. The van der Waals surface area contributed by atoms with Crippen LogP contribution in [0, 0.1) is 13.8 Å². The largest absolute Gasteiger partial charge is 0.325 e. The summed E-state index contributed by atoms with van der Waals surface area (Å²) in [6.45, 7) is 8.20. The highest BCUT2D eigenvalue weighted by molar-refractivity contribution is 7.99. The number of carbonyl (C=O) groups excluding carboxylic acids is 1. The Morgan fingerprint density at radius 3 is 2.86 bits per heavy atom. The maximum atomic E-state index is 12.0. The number of allylic oxidation sites excluding steroid dienone is 1. The third-order valence-corrected chi connectivity index (χ3v) is 3.93. The van der Waals surface area contributed by atoms with Gasteiger partial charge in [0, 0.05) is 12.2 Å². The van der Waals surface area contributed by atoms with Crippen LogP contribution in [0.5, 0.6) is 0 Å². The van der Waals surface area contributed by atoms with E-state index in [-0.39, 0.29) is 5.91 Å². The fourth-order valence-electron chi connectivity index (χ4n) is 1.84. The van der Waals surface area contributed by atoms with Crippen molar-refractivity contribution in [2.24, 2.45) is 0 Å². The van der Waals surface area contributed by atoms with Gasteiger partial charge in [0.1, 0.15) is 5.82 Å². The second-order valence-corrected chi connectivity index (χ2v) is 5.52. The Hall–Kier alpha value is -2.08. The van der Waals surface area contributed by atoms with Crippen molar-refractivity contribution in [2.75, 3.05) is 11.1 Å². The third-order valence-electron chi connectivity index (χ3n) is 2.96. The Balaban J connectivity index is 1.96. The van der Waals surface area contributed by atoms with Crippen LogP contribution in [-0.4, -0.2) is 26.4 Å². The topological polar surface area (TPSA) is 59.8 Å². The molecule has 0 aliphatic heterocycles. The number of hydrogen-bond donors (Lipinski definition) is 1. The third kappa shape index (κ3) is 3.95. The summed E-state index contributed by atoms with van der Waals surface area (Å²) in [6, 6.07) is 7.70. The Kier molecular flexibility index (Phi) is 5.16. The summed E-state index contributed by atoms with van der Waals surface area (Å²) in [7, 11) is 0. The van der Waals surface area contributed by atoms with Crippen molar-refractivity contribution >= 4 is 23.4 Å². The number of aromatic nitrogens is 3. The van der Waals surface area contributed by atoms with E-state index in [4.69, 9.17) is 0 Å². The second kappa shape index (κ2) is 7.08. The lowest BCUT2D eigenvalue weighted by atomic mass is 10.2. The quantitative estimate of drug-likeness (QED) is 0.658. The molecule has 0 saturated carbocycles. The SMILES string of the molecule is C=CCn1c(C)nnc1SCC(=O)Nc1ccccc1C. The molecule has 0 radical (unpaired) electrons. The number of nitrogens with zero attached hydrogens (tertiary/aromatic N) is 3. The van der Waals surface area contributed by atoms with Gasteiger partial charge in [0.2, 0.25) is 5.91 Å². The molecule has 0 fully saturated rings. The standard InChI is InChI=1S/C15H18N4OS/c1-4-9-19-12(3)17-18-15(19)21-10-14(20)16-13-8-6-5-7-11(13)2/h4-8H,1,9-10H2,2-3H3,(H,16,20). The lowest BCUT2D eigenvalue weighted by Crippen LogP contribution is -2.15. The first-order valence-corrected chi connectivity index (χ1v) is 7.59. The molecular weight excluding hydrogens is 284 g/mol. The first kappa shape index (κ1) is 15.3. The zero-order valence-electron chi connectivity index (χ0n) is 12.2. The molecule has 21 heavy (non-hydrogen) atoms. The van der Waals surface area contributed by atoms with E-state index in [1.54, 1.807) is 6.08 Å². The first-order chi connectivity index (χ1) is 10.1. The van der Waals surface area contributed by atoms with Crippen molar-refractivity contribution in [1.29, 1.82) is 0 Å². The minimum Gasteiger partial charge on any atom is -0.325 e. The van der Waals surface area contributed by atoms with Gasteiger partial charge >= 0.3 is 0 Å². The number of benzene rings is 1. The van der Waals surface area contributed by atoms with Gasteiger partial charge in [-0.1, -0.05) is 36.0 Å². The molecule has 2 rings (SSSR count). The van der Waals surface area contributed by atoms with Gasteiger partial charge in [-0.05, 0) is 25.5 Å². The van der Waals surface area contributed by atoms with Crippen molar-refractivity contribution in [3.05, 3.63) is 48.3 Å². The molecule has 1 aromatic carbocycles. The molecule has 2 aromatic rings. The zero-order chi connectivity index (χ0) is 15.2. The number of thioether (sulfide) groups is 1. The van der Waals surface area contributed by atoms with Gasteiger partial charge in [-0.15, -0.1) is 16.8 Å². The smallest absolute Gasteiger partial charge is 0.234 e. The van der Waals surface area contributed by atoms with Crippen LogP contribution in [0.1, 0.15) is 11.4 Å². The van der Waals surface area contributed by atoms with E-state index in [1.807, 2.05) is 42.7 Å². The number of anilines is 1. The molecule has 110 valence electrons. The van der Waals surface area contributed by atoms with Gasteiger partial charge in [0.05, 0.1) is 5.75 Å². The molecule has 0 bridgehead atoms. The number of rotatable bonds is 6. The summed E-state index contributed by atoms with van der Waals surface area (Å²) in [5, 5.41) is 11.7. The molecule has 1 aromatic heterocycles. The molecule has 6 heteroatoms. The molecule has 0 aliphatic carbocycles. The van der Waals surface area contributed by atoms with Crippen LogP contribution >= 0.6 is 11.8 Å². The predicted octanol–water partition coefficient (Wildman–Crippen LogP) is 2.81. The van der Waals surface area contributed by atoms with Crippen molar-refractivity contribution < 1.29 is 4.79 Å². The Bertz CT molecular complexity index is 651. The normalized spacial score (nSPS) is 10.4. The lowest BCUT2D eigenvalue weighted by molar-refractivity contribution is -0.113. The average molecular weight is 302 g/mol. The molecule has 0 aliphatic rings. The number of para-hydroxylation sites is 1. The summed E-state index contributed by atoms with van der Waals surface area (Å²) in [6.07, 6.45) is 1.79. The maximum absolute atomic E-state index is 12.0. The van der Waals surface area contributed by atoms with E-state index in [1.165, 1.54) is 11.8 Å². The summed E-state index contributed by atoms with van der Waals surface area (Å²) >= 11 is 1.37. The summed E-state index contributed by atoms with van der Waals surface area (Å²) in [4.78, 5) is 12.0. The van der Waals surface area contributed by atoms with Gasteiger partial charge in [0.25, 0.3) is 0 Å². The van der Waals surface area contributed by atoms with Crippen LogP contribution in [0.2, 0.25) is 0 Å². The second-order valence-electron chi connectivity index (χ2n) is 4.58. The van der Waals surface area contributed by atoms with Gasteiger partial charge in [-0.2, -0.15) is 0 Å². The van der Waals surface area contributed by atoms with E-state index in [0.717, 1.165) is 22.2 Å². The van der Waals surface area contributed by atoms with E-state index in [2.05, 4.69) is 22.1 Å². The molecule has 0 atom stereocenters. The van der Waals surface area contributed by atoms with E-state index < -0.39 is 0 Å². The predicted molar refractivity (Wildman–Crippen MR) is 85.5 cm³/mol. The van der Waals surface area contributed by atoms with Crippen LogP contribution in [0.3, 0.4) is 0 Å². The molecule has 0 unspecified atom stereocenters. The number of carbonyl (C=O) groups is 1. The van der Waals surface area contributed by atoms with Crippen molar-refractivity contribution in [3.63, 3.8) is 0 Å². The van der Waals surface area contributed by atoms with Crippen LogP contribution in [0.15, 0.2) is 42.1 Å². The van der Waals surface area contributed by atoms with Gasteiger partial charge in [-0.25, -0.2) is 0 Å². The van der Waals surface area contributed by atoms with E-state index >= 15 is 0 Å². The maximum Gasteiger partial charge on any atom is 0.234 e. The van der Waals surface area contributed by atoms with Gasteiger partial charge in [0.15, 0.2) is 5.16 Å². The summed E-state index contributed by atoms with van der Waals surface area (Å²) in [5.41, 5.74) is 1.88. The summed E-state index contributed by atoms with van der Waals surface area (Å²) in [5.74, 6) is 1.06. The molecule has 1 heterocycles. The van der Waals surface area contributed by atoms with Gasteiger partial charge < -0.3 is 9.88 Å². The zero-order valence-corrected chi connectivity index (χ0v) is 13.0. The fraction of sp³-hybridized carbons (Fsp3) is 0.267. The molecule has 1 N–H and O–H groups in total. The Labute approximate surface area is 128 Å². The number of aryl methyl sites for hydroxylation is 2. The lowest BCUT2D eigenvalue weighted by Gasteiger charge is -2.08. The van der Waals surface area contributed by atoms with Crippen molar-refractivity contribution in [3.8, 4) is 0 Å². The molecule has 1 amide bonds. The fourth-order valence-corrected chi connectivity index (χ4v) is 2.63. The minimum atomic E-state index is -0.0555. The van der Waals surface area contributed by atoms with Crippen molar-refractivity contribution in [2.45, 2.75) is 25.5 Å². The highest BCUT2D eigenvalue weighted by atomic mass is 32.2. The van der Waals surface area contributed by atoms with E-state index in [9.17, 15) is 4.79 Å². The van der Waals surface area contributed by atoms with Crippen LogP contribution in [0.25, 0.3) is 0 Å². The number of amides is 1. The number of hydrogen-bond acceptors (Lipinski definition) is 4. The van der Waals surface area contributed by atoms with Crippen molar-refractivity contribution in [1.82, 2.24) is 14.8 Å². The Morgan fingerprint density at radius 2 is 2.14 bits per heavy atom.